The first kappa shape index (κ1) is 12.0. The summed E-state index contributed by atoms with van der Waals surface area (Å²) in [6.45, 7) is 2.89. The van der Waals surface area contributed by atoms with Crippen molar-refractivity contribution in [2.24, 2.45) is 0 Å². The third-order valence-electron chi connectivity index (χ3n) is 2.71. The van der Waals surface area contributed by atoms with Crippen LogP contribution in [0.25, 0.3) is 5.69 Å². The zero-order valence-corrected chi connectivity index (χ0v) is 10.1. The number of para-hydroxylation sites is 1. The fourth-order valence-corrected chi connectivity index (χ4v) is 1.95. The lowest BCUT2D eigenvalue weighted by Crippen LogP contribution is -2.34. The number of aromatic amines is 1. The predicted molar refractivity (Wildman–Crippen MR) is 67.4 cm³/mol. The summed E-state index contributed by atoms with van der Waals surface area (Å²) in [7, 11) is 0. The topological polar surface area (TPSA) is 71.9 Å². The Morgan fingerprint density at radius 2 is 1.78 bits per heavy atom. The van der Waals surface area contributed by atoms with E-state index >= 15 is 0 Å². The van der Waals surface area contributed by atoms with E-state index in [2.05, 4.69) is 4.98 Å². The number of benzene rings is 1. The van der Waals surface area contributed by atoms with Crippen molar-refractivity contribution in [1.29, 1.82) is 0 Å². The van der Waals surface area contributed by atoms with Gasteiger partial charge >= 0.3 is 5.69 Å². The minimum absolute atomic E-state index is 0.0125. The average Bonchev–Trinajstić information content (AvgIpc) is 2.28. The molecule has 92 valence electrons. The van der Waals surface area contributed by atoms with Crippen LogP contribution < -0.4 is 11.2 Å². The molecule has 1 aromatic carbocycles. The summed E-state index contributed by atoms with van der Waals surface area (Å²) >= 11 is 0. The molecule has 0 atom stereocenters. The Bertz CT molecular complexity index is 711. The molecule has 0 aliphatic carbocycles. The molecule has 0 fully saturated rings. The van der Waals surface area contributed by atoms with E-state index in [0.717, 1.165) is 0 Å². The van der Waals surface area contributed by atoms with Gasteiger partial charge in [0, 0.05) is 5.69 Å². The predicted octanol–water partition coefficient (Wildman–Crippen LogP) is 1.04. The monoisotopic (exact) mass is 244 g/mol. The van der Waals surface area contributed by atoms with E-state index in [4.69, 9.17) is 0 Å². The maximum atomic E-state index is 11.8. The quantitative estimate of drug-likeness (QED) is 0.802. The SMILES string of the molecule is CC(=O)c1c(C)n(-c2ccccc2)c(=O)[nH]c1=O. The van der Waals surface area contributed by atoms with Crippen LogP contribution in [0.5, 0.6) is 0 Å². The van der Waals surface area contributed by atoms with Crippen molar-refractivity contribution in [2.75, 3.05) is 0 Å². The lowest BCUT2D eigenvalue weighted by Gasteiger charge is -2.11. The van der Waals surface area contributed by atoms with Gasteiger partial charge in [-0.05, 0) is 26.0 Å². The van der Waals surface area contributed by atoms with Gasteiger partial charge in [-0.25, -0.2) is 4.79 Å². The molecular weight excluding hydrogens is 232 g/mol. The van der Waals surface area contributed by atoms with E-state index in [0.29, 0.717) is 11.4 Å². The van der Waals surface area contributed by atoms with Crippen molar-refractivity contribution in [3.05, 3.63) is 62.4 Å². The van der Waals surface area contributed by atoms with Gasteiger partial charge in [0.15, 0.2) is 5.78 Å². The molecule has 0 aliphatic heterocycles. The lowest BCUT2D eigenvalue weighted by atomic mass is 10.1. The number of aromatic nitrogens is 2. The van der Waals surface area contributed by atoms with Crippen molar-refractivity contribution >= 4 is 5.78 Å². The van der Waals surface area contributed by atoms with Crippen molar-refractivity contribution < 1.29 is 4.79 Å². The highest BCUT2D eigenvalue weighted by molar-refractivity contribution is 5.94. The van der Waals surface area contributed by atoms with Gasteiger partial charge in [-0.3, -0.25) is 19.1 Å². The number of nitrogens with zero attached hydrogens (tertiary/aromatic N) is 1. The molecule has 0 spiro atoms. The normalized spacial score (nSPS) is 10.3. The Kier molecular flexibility index (Phi) is 2.97. The summed E-state index contributed by atoms with van der Waals surface area (Å²) in [4.78, 5) is 37.0. The third-order valence-corrected chi connectivity index (χ3v) is 2.71. The molecule has 18 heavy (non-hydrogen) atoms. The second-order valence-electron chi connectivity index (χ2n) is 3.95. The zero-order chi connectivity index (χ0) is 13.3. The number of ketones is 1. The van der Waals surface area contributed by atoms with Crippen LogP contribution in [-0.4, -0.2) is 15.3 Å². The molecule has 0 bridgehead atoms. The van der Waals surface area contributed by atoms with E-state index < -0.39 is 11.2 Å². The standard InChI is InChI=1S/C13H12N2O3/c1-8-11(9(2)16)12(17)14-13(18)15(8)10-6-4-3-5-7-10/h3-7H,1-2H3,(H,14,17,18). The molecule has 0 unspecified atom stereocenters. The highest BCUT2D eigenvalue weighted by Crippen LogP contribution is 2.09. The van der Waals surface area contributed by atoms with E-state index in [1.165, 1.54) is 11.5 Å². The van der Waals surface area contributed by atoms with E-state index in [9.17, 15) is 14.4 Å². The van der Waals surface area contributed by atoms with E-state index in [-0.39, 0.29) is 11.3 Å². The summed E-state index contributed by atoms with van der Waals surface area (Å²) in [6.07, 6.45) is 0. The largest absolute Gasteiger partial charge is 0.333 e. The fraction of sp³-hybridized carbons (Fsp3) is 0.154. The van der Waals surface area contributed by atoms with Gasteiger partial charge in [0.05, 0.1) is 5.69 Å². The minimum atomic E-state index is -0.641. The van der Waals surface area contributed by atoms with Crippen molar-refractivity contribution in [2.45, 2.75) is 13.8 Å². The fourth-order valence-electron chi connectivity index (χ4n) is 1.95. The van der Waals surface area contributed by atoms with E-state index in [1.807, 2.05) is 6.07 Å². The van der Waals surface area contributed by atoms with Crippen molar-refractivity contribution in [1.82, 2.24) is 9.55 Å². The van der Waals surface area contributed by atoms with Gasteiger partial charge in [-0.1, -0.05) is 18.2 Å². The molecule has 5 nitrogen and oxygen atoms in total. The molecule has 0 saturated carbocycles. The first-order valence-electron chi connectivity index (χ1n) is 5.44. The summed E-state index contributed by atoms with van der Waals surface area (Å²) in [5.41, 5.74) is -0.217. The average molecular weight is 244 g/mol. The highest BCUT2D eigenvalue weighted by Gasteiger charge is 2.15. The third kappa shape index (κ3) is 1.90. The molecule has 1 N–H and O–H groups in total. The van der Waals surface area contributed by atoms with Gasteiger partial charge < -0.3 is 0 Å². The van der Waals surface area contributed by atoms with Crippen molar-refractivity contribution in [3.8, 4) is 5.69 Å². The summed E-state index contributed by atoms with van der Waals surface area (Å²) in [5, 5.41) is 0. The number of hydrogen-bond acceptors (Lipinski definition) is 3. The Labute approximate surface area is 103 Å². The van der Waals surface area contributed by atoms with Gasteiger partial charge in [0.2, 0.25) is 0 Å². The molecule has 0 aliphatic rings. The number of rotatable bonds is 2. The summed E-state index contributed by atoms with van der Waals surface area (Å²) < 4.78 is 1.32. The number of hydrogen-bond donors (Lipinski definition) is 1. The van der Waals surface area contributed by atoms with E-state index in [1.54, 1.807) is 31.2 Å². The van der Waals surface area contributed by atoms with Crippen LogP contribution in [0, 0.1) is 6.92 Å². The Hall–Kier alpha value is -2.43. The van der Waals surface area contributed by atoms with Crippen molar-refractivity contribution in [3.63, 3.8) is 0 Å². The maximum Gasteiger partial charge on any atom is 0.333 e. The number of H-pyrrole nitrogens is 1. The first-order valence-corrected chi connectivity index (χ1v) is 5.44. The van der Waals surface area contributed by atoms with Crippen LogP contribution in [-0.2, 0) is 0 Å². The highest BCUT2D eigenvalue weighted by atomic mass is 16.2. The minimum Gasteiger partial charge on any atom is -0.294 e. The second-order valence-corrected chi connectivity index (χ2v) is 3.95. The lowest BCUT2D eigenvalue weighted by molar-refractivity contribution is 0.101. The Morgan fingerprint density at radius 3 is 2.33 bits per heavy atom. The zero-order valence-electron chi connectivity index (χ0n) is 10.1. The summed E-state index contributed by atoms with van der Waals surface area (Å²) in [6, 6.07) is 8.84. The van der Waals surface area contributed by atoms with Gasteiger partial charge in [-0.2, -0.15) is 0 Å². The Morgan fingerprint density at radius 1 is 1.17 bits per heavy atom. The van der Waals surface area contributed by atoms with Gasteiger partial charge in [0.25, 0.3) is 5.56 Å². The molecule has 5 heteroatoms. The number of carbonyl (C=O) groups is 1. The number of carbonyl (C=O) groups excluding carboxylic acids is 1. The first-order chi connectivity index (χ1) is 8.52. The molecule has 0 amide bonds. The molecule has 0 saturated heterocycles. The summed E-state index contributed by atoms with van der Waals surface area (Å²) in [5.74, 6) is -0.363. The Balaban J connectivity index is 2.85. The van der Waals surface area contributed by atoms with Crippen LogP contribution in [0.3, 0.4) is 0 Å². The molecule has 0 radical (unpaired) electrons. The van der Waals surface area contributed by atoms with Crippen LogP contribution in [0.15, 0.2) is 39.9 Å². The van der Waals surface area contributed by atoms with Gasteiger partial charge in [0.1, 0.15) is 5.56 Å². The maximum absolute atomic E-state index is 11.8. The second kappa shape index (κ2) is 4.44. The molecule has 2 rings (SSSR count). The molecule has 1 aromatic heterocycles. The van der Waals surface area contributed by atoms with Crippen LogP contribution in [0.2, 0.25) is 0 Å². The molecule has 1 heterocycles. The molecular formula is C13H12N2O3. The molecule has 2 aromatic rings. The number of nitrogens with one attached hydrogen (secondary N) is 1. The van der Waals surface area contributed by atoms with Gasteiger partial charge in [-0.15, -0.1) is 0 Å². The van der Waals surface area contributed by atoms with Crippen LogP contribution in [0.1, 0.15) is 23.0 Å². The van der Waals surface area contributed by atoms with Crippen LogP contribution >= 0.6 is 0 Å². The van der Waals surface area contributed by atoms with Crippen LogP contribution in [0.4, 0.5) is 0 Å². The number of Topliss-reactive ketones (excluding diaryl/α,β-unsaturated/α-hetero) is 1. The smallest absolute Gasteiger partial charge is 0.294 e.